The van der Waals surface area contributed by atoms with E-state index in [4.69, 9.17) is 21.6 Å². The minimum absolute atomic E-state index is 0.148. The lowest BCUT2D eigenvalue weighted by Gasteiger charge is -2.30. The van der Waals surface area contributed by atoms with Crippen LogP contribution in [0.1, 0.15) is 43.4 Å². The van der Waals surface area contributed by atoms with E-state index in [1.807, 2.05) is 24.3 Å². The SMILES string of the molecule is Cc1ccc(-c2nc3c(nc2-c2ccc(Cl)cc2)CCCN3CCCCCC2SC(=O)NC2=O)cc1. The van der Waals surface area contributed by atoms with Gasteiger partial charge in [-0.05, 0) is 44.7 Å². The molecule has 1 aromatic heterocycles. The molecule has 0 aliphatic carbocycles. The van der Waals surface area contributed by atoms with Gasteiger partial charge in [0.25, 0.3) is 5.24 Å². The van der Waals surface area contributed by atoms with Crippen molar-refractivity contribution in [3.8, 4) is 22.5 Å². The van der Waals surface area contributed by atoms with Crippen LogP contribution in [0.25, 0.3) is 22.5 Å². The van der Waals surface area contributed by atoms with Gasteiger partial charge < -0.3 is 4.90 Å². The smallest absolute Gasteiger partial charge is 0.286 e. The van der Waals surface area contributed by atoms with E-state index in [1.54, 1.807) is 0 Å². The Bertz CT molecular complexity index is 1260. The summed E-state index contributed by atoms with van der Waals surface area (Å²) in [6.45, 7) is 3.95. The number of benzene rings is 2. The van der Waals surface area contributed by atoms with Crippen molar-refractivity contribution in [2.45, 2.75) is 50.7 Å². The topological polar surface area (TPSA) is 75.2 Å². The molecule has 0 saturated carbocycles. The highest BCUT2D eigenvalue weighted by Crippen LogP contribution is 2.35. The number of imide groups is 1. The molecule has 2 amide bonds. The number of aromatic nitrogens is 2. The number of anilines is 1. The molecule has 1 unspecified atom stereocenters. The number of thioether (sulfide) groups is 1. The molecular weight excluding hydrogens is 492 g/mol. The second kappa shape index (κ2) is 11.0. The zero-order chi connectivity index (χ0) is 25.1. The number of aryl methyl sites for hydroxylation is 2. The van der Waals surface area contributed by atoms with Gasteiger partial charge in [0.1, 0.15) is 0 Å². The summed E-state index contributed by atoms with van der Waals surface area (Å²) in [6, 6.07) is 16.2. The number of hydrogen-bond acceptors (Lipinski definition) is 6. The lowest BCUT2D eigenvalue weighted by molar-refractivity contribution is -0.119. The lowest BCUT2D eigenvalue weighted by Crippen LogP contribution is -2.32. The largest absolute Gasteiger partial charge is 0.355 e. The van der Waals surface area contributed by atoms with E-state index in [2.05, 4.69) is 41.4 Å². The zero-order valence-electron chi connectivity index (χ0n) is 20.3. The average molecular weight is 521 g/mol. The predicted molar refractivity (Wildman–Crippen MR) is 147 cm³/mol. The van der Waals surface area contributed by atoms with Crippen molar-refractivity contribution in [3.05, 3.63) is 64.8 Å². The zero-order valence-corrected chi connectivity index (χ0v) is 21.9. The minimum atomic E-state index is -0.234. The van der Waals surface area contributed by atoms with Gasteiger partial charge >= 0.3 is 0 Å². The second-order valence-electron chi connectivity index (χ2n) is 9.39. The molecule has 6 nitrogen and oxygen atoms in total. The first-order valence-corrected chi connectivity index (χ1v) is 13.7. The van der Waals surface area contributed by atoms with Gasteiger partial charge in [0.2, 0.25) is 5.91 Å². The predicted octanol–water partition coefficient (Wildman–Crippen LogP) is 6.44. The van der Waals surface area contributed by atoms with Crippen molar-refractivity contribution in [1.82, 2.24) is 15.3 Å². The molecule has 36 heavy (non-hydrogen) atoms. The molecule has 2 aromatic carbocycles. The number of carbonyl (C=O) groups is 2. The van der Waals surface area contributed by atoms with E-state index in [0.717, 1.165) is 97.4 Å². The molecule has 1 fully saturated rings. The van der Waals surface area contributed by atoms with Gasteiger partial charge in [-0.25, -0.2) is 9.97 Å². The van der Waals surface area contributed by atoms with Crippen LogP contribution < -0.4 is 10.2 Å². The maximum Gasteiger partial charge on any atom is 0.286 e. The molecule has 1 saturated heterocycles. The number of fused-ring (bicyclic) bond motifs is 1. The van der Waals surface area contributed by atoms with Crippen molar-refractivity contribution in [2.24, 2.45) is 0 Å². The van der Waals surface area contributed by atoms with Crippen molar-refractivity contribution in [2.75, 3.05) is 18.0 Å². The number of amides is 2. The third-order valence-corrected chi connectivity index (χ3v) is 7.99. The van der Waals surface area contributed by atoms with E-state index in [0.29, 0.717) is 5.02 Å². The second-order valence-corrected chi connectivity index (χ2v) is 11.0. The number of rotatable bonds is 8. The Labute approximate surface area is 220 Å². The molecule has 1 N–H and O–H groups in total. The summed E-state index contributed by atoms with van der Waals surface area (Å²) in [5, 5.41) is 2.61. The van der Waals surface area contributed by atoms with Crippen molar-refractivity contribution >= 4 is 40.3 Å². The first-order valence-electron chi connectivity index (χ1n) is 12.5. The standard InChI is InChI=1S/C28H29ClN4O2S/c1-18-8-10-19(11-9-18)25-24(20-12-14-21(29)15-13-20)30-22-6-5-17-33(26(22)31-25)16-4-2-3-7-23-27(34)32-28(35)36-23/h8-15,23H,2-7,16-17H2,1H3,(H,32,34,35). The van der Waals surface area contributed by atoms with Crippen LogP contribution in [0.3, 0.4) is 0 Å². The maximum atomic E-state index is 11.8. The van der Waals surface area contributed by atoms with Crippen molar-refractivity contribution in [1.29, 1.82) is 0 Å². The summed E-state index contributed by atoms with van der Waals surface area (Å²) in [5.41, 5.74) is 6.08. The molecule has 0 bridgehead atoms. The minimum Gasteiger partial charge on any atom is -0.355 e. The van der Waals surface area contributed by atoms with Crippen LogP contribution in [-0.2, 0) is 11.2 Å². The molecule has 0 radical (unpaired) electrons. The molecule has 1 atom stereocenters. The highest BCUT2D eigenvalue weighted by atomic mass is 35.5. The molecule has 5 rings (SSSR count). The van der Waals surface area contributed by atoms with Gasteiger partial charge in [0.05, 0.1) is 22.3 Å². The molecule has 8 heteroatoms. The van der Waals surface area contributed by atoms with Crippen LogP contribution in [0.2, 0.25) is 5.02 Å². The number of nitrogens with one attached hydrogen (secondary N) is 1. The first kappa shape index (κ1) is 24.8. The van der Waals surface area contributed by atoms with Gasteiger partial charge in [-0.1, -0.05) is 78.2 Å². The maximum absolute atomic E-state index is 11.8. The van der Waals surface area contributed by atoms with Crippen LogP contribution in [0.4, 0.5) is 10.6 Å². The number of unbranched alkanes of at least 4 members (excludes halogenated alkanes) is 2. The summed E-state index contributed by atoms with van der Waals surface area (Å²) in [5.74, 6) is 0.830. The van der Waals surface area contributed by atoms with Crippen molar-refractivity contribution in [3.63, 3.8) is 0 Å². The van der Waals surface area contributed by atoms with E-state index < -0.39 is 0 Å². The van der Waals surface area contributed by atoms with E-state index in [-0.39, 0.29) is 16.4 Å². The highest BCUT2D eigenvalue weighted by molar-refractivity contribution is 8.15. The third kappa shape index (κ3) is 5.57. The van der Waals surface area contributed by atoms with E-state index in [1.165, 1.54) is 5.56 Å². The monoisotopic (exact) mass is 520 g/mol. The number of hydrogen-bond donors (Lipinski definition) is 1. The third-order valence-electron chi connectivity index (χ3n) is 6.69. The van der Waals surface area contributed by atoms with Crippen LogP contribution in [0, 0.1) is 6.92 Å². The van der Waals surface area contributed by atoms with Gasteiger partial charge in [-0.2, -0.15) is 0 Å². The fourth-order valence-electron chi connectivity index (χ4n) is 4.76. The Morgan fingerprint density at radius 1 is 0.972 bits per heavy atom. The van der Waals surface area contributed by atoms with Crippen LogP contribution >= 0.6 is 23.4 Å². The Balaban J connectivity index is 1.35. The van der Waals surface area contributed by atoms with Gasteiger partial charge in [-0.3, -0.25) is 14.9 Å². The summed E-state index contributed by atoms with van der Waals surface area (Å²) in [4.78, 5) is 35.8. The quantitative estimate of drug-likeness (QED) is 0.344. The normalized spacial score (nSPS) is 17.3. The molecule has 2 aliphatic rings. The Kier molecular flexibility index (Phi) is 7.58. The molecular formula is C28H29ClN4O2S. The van der Waals surface area contributed by atoms with Gasteiger partial charge in [0.15, 0.2) is 5.82 Å². The first-order chi connectivity index (χ1) is 17.5. The highest BCUT2D eigenvalue weighted by Gasteiger charge is 2.30. The molecule has 186 valence electrons. The number of nitrogens with zero attached hydrogens (tertiary/aromatic N) is 3. The summed E-state index contributed by atoms with van der Waals surface area (Å²) >= 11 is 7.27. The lowest BCUT2D eigenvalue weighted by atomic mass is 10.0. The molecule has 0 spiro atoms. The van der Waals surface area contributed by atoms with E-state index >= 15 is 0 Å². The van der Waals surface area contributed by atoms with Crippen LogP contribution in [0.15, 0.2) is 48.5 Å². The average Bonchev–Trinajstić information content (AvgIpc) is 3.20. The molecule has 3 heterocycles. The summed E-state index contributed by atoms with van der Waals surface area (Å²) in [7, 11) is 0. The van der Waals surface area contributed by atoms with Gasteiger partial charge in [0, 0.05) is 29.2 Å². The fourth-order valence-corrected chi connectivity index (χ4v) is 5.75. The Hall–Kier alpha value is -2.90. The summed E-state index contributed by atoms with van der Waals surface area (Å²) < 4.78 is 0. The van der Waals surface area contributed by atoms with Crippen LogP contribution in [0.5, 0.6) is 0 Å². The Morgan fingerprint density at radius 3 is 2.36 bits per heavy atom. The van der Waals surface area contributed by atoms with Crippen molar-refractivity contribution < 1.29 is 9.59 Å². The number of carbonyl (C=O) groups excluding carboxylic acids is 2. The van der Waals surface area contributed by atoms with Gasteiger partial charge in [-0.15, -0.1) is 0 Å². The van der Waals surface area contributed by atoms with E-state index in [9.17, 15) is 9.59 Å². The fraction of sp³-hybridized carbons (Fsp3) is 0.357. The molecule has 2 aliphatic heterocycles. The van der Waals surface area contributed by atoms with Crippen LogP contribution in [-0.4, -0.2) is 39.5 Å². The summed E-state index contributed by atoms with van der Waals surface area (Å²) in [6.07, 6.45) is 5.64. The molecule has 3 aromatic rings. The number of halogens is 1. The Morgan fingerprint density at radius 2 is 1.67 bits per heavy atom.